The minimum atomic E-state index is -0.231. The van der Waals surface area contributed by atoms with E-state index in [-0.39, 0.29) is 18.2 Å². The largest absolute Gasteiger partial charge is 0.496 e. The number of methoxy groups -OCH3 is 1. The van der Waals surface area contributed by atoms with Crippen molar-refractivity contribution in [3.63, 3.8) is 0 Å². The van der Waals surface area contributed by atoms with Crippen molar-refractivity contribution in [1.82, 2.24) is 10.2 Å². The molecule has 1 N–H and O–H groups in total. The first kappa shape index (κ1) is 19.4. The van der Waals surface area contributed by atoms with E-state index in [1.807, 2.05) is 35.2 Å². The van der Waals surface area contributed by atoms with Crippen molar-refractivity contribution < 1.29 is 14.3 Å². The minimum absolute atomic E-state index is 0.0674. The number of carbonyl (C=O) groups excluding carboxylic acids is 2. The molecule has 27 heavy (non-hydrogen) atoms. The molecule has 2 aromatic carbocycles. The highest BCUT2D eigenvalue weighted by Crippen LogP contribution is 2.29. The lowest BCUT2D eigenvalue weighted by molar-refractivity contribution is -0.132. The molecule has 0 aromatic heterocycles. The van der Waals surface area contributed by atoms with Gasteiger partial charge in [0.2, 0.25) is 5.91 Å². The van der Waals surface area contributed by atoms with E-state index in [2.05, 4.69) is 21.2 Å². The van der Waals surface area contributed by atoms with Crippen molar-refractivity contribution in [2.75, 3.05) is 13.7 Å². The first-order valence-electron chi connectivity index (χ1n) is 9.03. The zero-order chi connectivity index (χ0) is 19.2. The van der Waals surface area contributed by atoms with Crippen molar-refractivity contribution in [3.05, 3.63) is 64.1 Å². The zero-order valence-electron chi connectivity index (χ0n) is 15.3. The third-order valence-electron chi connectivity index (χ3n) is 4.53. The van der Waals surface area contributed by atoms with Gasteiger partial charge in [0.05, 0.1) is 12.7 Å². The highest BCUT2D eigenvalue weighted by molar-refractivity contribution is 9.10. The number of hydrogen-bond acceptors (Lipinski definition) is 3. The molecular formula is C21H23BrN2O3. The number of hydrogen-bond donors (Lipinski definition) is 1. The van der Waals surface area contributed by atoms with Gasteiger partial charge in [0, 0.05) is 30.0 Å². The minimum Gasteiger partial charge on any atom is -0.496 e. The van der Waals surface area contributed by atoms with E-state index in [0.717, 1.165) is 22.9 Å². The number of ether oxygens (including phenoxy) is 1. The van der Waals surface area contributed by atoms with Gasteiger partial charge in [0.25, 0.3) is 5.91 Å². The molecule has 0 radical (unpaired) electrons. The molecule has 1 fully saturated rings. The van der Waals surface area contributed by atoms with Crippen LogP contribution in [0.2, 0.25) is 0 Å². The Morgan fingerprint density at radius 3 is 2.67 bits per heavy atom. The van der Waals surface area contributed by atoms with Gasteiger partial charge in [-0.05, 0) is 42.7 Å². The van der Waals surface area contributed by atoms with Crippen molar-refractivity contribution >= 4 is 27.7 Å². The molecule has 5 nitrogen and oxygen atoms in total. The van der Waals surface area contributed by atoms with Crippen LogP contribution in [-0.2, 0) is 11.3 Å². The summed E-state index contributed by atoms with van der Waals surface area (Å²) in [5.74, 6) is 0.360. The Morgan fingerprint density at radius 1 is 1.19 bits per heavy atom. The van der Waals surface area contributed by atoms with Crippen molar-refractivity contribution in [2.45, 2.75) is 31.8 Å². The highest BCUT2D eigenvalue weighted by atomic mass is 79.9. The summed E-state index contributed by atoms with van der Waals surface area (Å²) in [6.45, 7) is 0.904. The van der Waals surface area contributed by atoms with Gasteiger partial charge in [-0.15, -0.1) is 0 Å². The first-order chi connectivity index (χ1) is 13.1. The van der Waals surface area contributed by atoms with Crippen LogP contribution in [0, 0.1) is 0 Å². The van der Waals surface area contributed by atoms with Gasteiger partial charge in [0.1, 0.15) is 5.75 Å². The second-order valence-corrected chi connectivity index (χ2v) is 7.50. The first-order valence-corrected chi connectivity index (χ1v) is 9.83. The number of carbonyl (C=O) groups is 2. The Kier molecular flexibility index (Phi) is 6.50. The maximum Gasteiger partial charge on any atom is 0.255 e. The van der Waals surface area contributed by atoms with Gasteiger partial charge >= 0.3 is 0 Å². The number of rotatable bonds is 8. The van der Waals surface area contributed by atoms with Crippen molar-refractivity contribution in [3.8, 4) is 5.75 Å². The van der Waals surface area contributed by atoms with Gasteiger partial charge in [-0.2, -0.15) is 0 Å². The van der Waals surface area contributed by atoms with E-state index in [0.29, 0.717) is 30.4 Å². The van der Waals surface area contributed by atoms with Crippen LogP contribution in [0.25, 0.3) is 0 Å². The molecule has 0 heterocycles. The van der Waals surface area contributed by atoms with Gasteiger partial charge in [0.15, 0.2) is 0 Å². The summed E-state index contributed by atoms with van der Waals surface area (Å²) >= 11 is 3.47. The van der Waals surface area contributed by atoms with Crippen LogP contribution in [0.3, 0.4) is 0 Å². The molecule has 2 aromatic rings. The Bertz CT molecular complexity index is 821. The second-order valence-electron chi connectivity index (χ2n) is 6.59. The number of benzene rings is 2. The fraction of sp³-hybridized carbons (Fsp3) is 0.333. The molecule has 0 aliphatic heterocycles. The highest BCUT2D eigenvalue weighted by Gasteiger charge is 2.32. The monoisotopic (exact) mass is 430 g/mol. The summed E-state index contributed by atoms with van der Waals surface area (Å²) < 4.78 is 6.21. The maximum atomic E-state index is 12.7. The molecule has 0 saturated heterocycles. The quantitative estimate of drug-likeness (QED) is 0.693. The molecule has 0 atom stereocenters. The summed E-state index contributed by atoms with van der Waals surface area (Å²) in [7, 11) is 1.53. The van der Waals surface area contributed by atoms with Crippen LogP contribution in [-0.4, -0.2) is 36.4 Å². The Hall–Kier alpha value is -2.34. The summed E-state index contributed by atoms with van der Waals surface area (Å²) in [5, 5.41) is 2.82. The van der Waals surface area contributed by atoms with E-state index in [9.17, 15) is 9.59 Å². The van der Waals surface area contributed by atoms with Gasteiger partial charge in [-0.3, -0.25) is 9.59 Å². The molecule has 6 heteroatoms. The van der Waals surface area contributed by atoms with Gasteiger partial charge in [-0.1, -0.05) is 40.2 Å². The number of halogens is 1. The Labute approximate surface area is 167 Å². The molecular weight excluding hydrogens is 408 g/mol. The molecule has 0 bridgehead atoms. The molecule has 0 unspecified atom stereocenters. The fourth-order valence-corrected chi connectivity index (χ4v) is 3.44. The molecule has 0 spiro atoms. The third-order valence-corrected chi connectivity index (χ3v) is 5.02. The van der Waals surface area contributed by atoms with Gasteiger partial charge in [-0.25, -0.2) is 0 Å². The SMILES string of the molecule is COc1ccccc1C(=O)NCCC(=O)N(Cc1cccc(Br)c1)C1CC1. The molecule has 1 saturated carbocycles. The van der Waals surface area contributed by atoms with Crippen molar-refractivity contribution in [1.29, 1.82) is 0 Å². The zero-order valence-corrected chi connectivity index (χ0v) is 16.9. The average molecular weight is 431 g/mol. The lowest BCUT2D eigenvalue weighted by Crippen LogP contribution is -2.35. The molecule has 3 rings (SSSR count). The van der Waals surface area contributed by atoms with Crippen molar-refractivity contribution in [2.24, 2.45) is 0 Å². The van der Waals surface area contributed by atoms with Crippen LogP contribution < -0.4 is 10.1 Å². The van der Waals surface area contributed by atoms with Crippen LogP contribution in [0.5, 0.6) is 5.75 Å². The predicted molar refractivity (Wildman–Crippen MR) is 108 cm³/mol. The van der Waals surface area contributed by atoms with Crippen LogP contribution >= 0.6 is 15.9 Å². The van der Waals surface area contributed by atoms with E-state index >= 15 is 0 Å². The van der Waals surface area contributed by atoms with Crippen LogP contribution in [0.4, 0.5) is 0 Å². The molecule has 1 aliphatic carbocycles. The number of para-hydroxylation sites is 1. The van der Waals surface area contributed by atoms with E-state index in [1.165, 1.54) is 7.11 Å². The molecule has 142 valence electrons. The summed E-state index contributed by atoms with van der Waals surface area (Å²) in [6, 6.07) is 15.4. The van der Waals surface area contributed by atoms with E-state index < -0.39 is 0 Å². The topological polar surface area (TPSA) is 58.6 Å². The third kappa shape index (κ3) is 5.32. The summed E-state index contributed by atoms with van der Waals surface area (Å²) in [4.78, 5) is 27.0. The summed E-state index contributed by atoms with van der Waals surface area (Å²) in [5.41, 5.74) is 1.57. The second kappa shape index (κ2) is 9.04. The number of amides is 2. The number of nitrogens with zero attached hydrogens (tertiary/aromatic N) is 1. The predicted octanol–water partition coefficient (Wildman–Crippen LogP) is 3.77. The van der Waals surface area contributed by atoms with Crippen LogP contribution in [0.1, 0.15) is 35.2 Å². The lowest BCUT2D eigenvalue weighted by atomic mass is 10.2. The standard InChI is InChI=1S/C21H23BrN2O3/c1-27-19-8-3-2-7-18(19)21(26)23-12-11-20(25)24(17-9-10-17)14-15-5-4-6-16(22)13-15/h2-8,13,17H,9-12,14H2,1H3,(H,23,26). The Morgan fingerprint density at radius 2 is 1.96 bits per heavy atom. The van der Waals surface area contributed by atoms with Crippen LogP contribution in [0.15, 0.2) is 53.0 Å². The normalized spacial score (nSPS) is 13.1. The lowest BCUT2D eigenvalue weighted by Gasteiger charge is -2.23. The molecule has 2 amide bonds. The van der Waals surface area contributed by atoms with E-state index in [1.54, 1.807) is 18.2 Å². The molecule has 1 aliphatic rings. The number of nitrogens with one attached hydrogen (secondary N) is 1. The fourth-order valence-electron chi connectivity index (χ4n) is 2.99. The summed E-state index contributed by atoms with van der Waals surface area (Å²) in [6.07, 6.45) is 2.38. The smallest absolute Gasteiger partial charge is 0.255 e. The van der Waals surface area contributed by atoms with E-state index in [4.69, 9.17) is 4.74 Å². The Balaban J connectivity index is 1.54. The van der Waals surface area contributed by atoms with Gasteiger partial charge < -0.3 is 15.0 Å². The maximum absolute atomic E-state index is 12.7. The average Bonchev–Trinajstić information content (AvgIpc) is 3.51.